The Labute approximate surface area is 127 Å². The molecule has 0 aliphatic carbocycles. The van der Waals surface area contributed by atoms with Crippen LogP contribution in [0.25, 0.3) is 0 Å². The molecule has 0 heterocycles. The minimum Gasteiger partial charge on any atom is -0.381 e. The average Bonchev–Trinajstić information content (AvgIpc) is 2.41. The molecule has 1 amide bonds. The molecule has 0 saturated heterocycles. The van der Waals surface area contributed by atoms with Crippen molar-refractivity contribution in [2.45, 2.75) is 20.4 Å². The van der Waals surface area contributed by atoms with Gasteiger partial charge < -0.3 is 10.6 Å². The lowest BCUT2D eigenvalue weighted by Crippen LogP contribution is -2.06. The summed E-state index contributed by atoms with van der Waals surface area (Å²) < 4.78 is 1.10. The van der Waals surface area contributed by atoms with Crippen molar-refractivity contribution in [1.82, 2.24) is 0 Å². The van der Waals surface area contributed by atoms with Gasteiger partial charge in [-0.25, -0.2) is 0 Å². The highest BCUT2D eigenvalue weighted by Crippen LogP contribution is 2.24. The number of benzene rings is 2. The Kier molecular flexibility index (Phi) is 4.79. The van der Waals surface area contributed by atoms with E-state index in [4.69, 9.17) is 0 Å². The molecule has 0 radical (unpaired) electrons. The van der Waals surface area contributed by atoms with Gasteiger partial charge >= 0.3 is 0 Å². The van der Waals surface area contributed by atoms with Gasteiger partial charge in [-0.15, -0.1) is 0 Å². The number of carbonyl (C=O) groups excluding carboxylic acids is 1. The summed E-state index contributed by atoms with van der Waals surface area (Å²) in [4.78, 5) is 11.0. The summed E-state index contributed by atoms with van der Waals surface area (Å²) in [5.41, 5.74) is 4.30. The molecular weight excluding hydrogens is 316 g/mol. The van der Waals surface area contributed by atoms with E-state index in [9.17, 15) is 4.79 Å². The van der Waals surface area contributed by atoms with Crippen molar-refractivity contribution in [2.24, 2.45) is 0 Å². The predicted octanol–water partition coefficient (Wildman–Crippen LogP) is 4.33. The molecule has 0 saturated carbocycles. The molecular formula is C16H17BrN2O. The number of carbonyl (C=O) groups is 1. The van der Waals surface area contributed by atoms with Crippen molar-refractivity contribution in [2.75, 3.05) is 10.6 Å². The molecule has 2 aromatic rings. The molecule has 0 unspecified atom stereocenters. The minimum absolute atomic E-state index is 0.0550. The van der Waals surface area contributed by atoms with Crippen LogP contribution in [0.1, 0.15) is 18.1 Å². The van der Waals surface area contributed by atoms with Gasteiger partial charge in [-0.05, 0) is 42.3 Å². The number of amides is 1. The van der Waals surface area contributed by atoms with Crippen LogP contribution in [0, 0.1) is 6.92 Å². The zero-order valence-electron chi connectivity index (χ0n) is 11.5. The first-order chi connectivity index (χ1) is 9.56. The van der Waals surface area contributed by atoms with Gasteiger partial charge in [0.2, 0.25) is 5.91 Å². The molecule has 0 aromatic heterocycles. The van der Waals surface area contributed by atoms with Gasteiger partial charge in [-0.1, -0.05) is 34.1 Å². The molecule has 4 heteroatoms. The SMILES string of the molecule is CC(=O)Nc1ccc(CNc2cccc(Br)c2C)cc1. The molecule has 0 aliphatic rings. The Bertz CT molecular complexity index is 608. The van der Waals surface area contributed by atoms with Crippen LogP contribution in [0.3, 0.4) is 0 Å². The van der Waals surface area contributed by atoms with E-state index in [0.717, 1.165) is 22.4 Å². The van der Waals surface area contributed by atoms with Crippen LogP contribution in [0.15, 0.2) is 46.9 Å². The number of anilines is 2. The highest BCUT2D eigenvalue weighted by molar-refractivity contribution is 9.10. The van der Waals surface area contributed by atoms with Crippen molar-refractivity contribution in [1.29, 1.82) is 0 Å². The monoisotopic (exact) mass is 332 g/mol. The van der Waals surface area contributed by atoms with Crippen LogP contribution in [0.4, 0.5) is 11.4 Å². The van der Waals surface area contributed by atoms with Crippen LogP contribution < -0.4 is 10.6 Å². The quantitative estimate of drug-likeness (QED) is 0.874. The number of nitrogens with one attached hydrogen (secondary N) is 2. The number of hydrogen-bond donors (Lipinski definition) is 2. The van der Waals surface area contributed by atoms with Gasteiger partial charge in [-0.2, -0.15) is 0 Å². The highest BCUT2D eigenvalue weighted by atomic mass is 79.9. The standard InChI is InChI=1S/C16H17BrN2O/c1-11-15(17)4-3-5-16(11)18-10-13-6-8-14(9-7-13)19-12(2)20/h3-9,18H,10H2,1-2H3,(H,19,20). The predicted molar refractivity (Wildman–Crippen MR) is 87.0 cm³/mol. The molecule has 0 atom stereocenters. The summed E-state index contributed by atoms with van der Waals surface area (Å²) in [6.07, 6.45) is 0. The fourth-order valence-corrected chi connectivity index (χ4v) is 2.27. The maximum absolute atomic E-state index is 11.0. The van der Waals surface area contributed by atoms with Crippen LogP contribution in [0.5, 0.6) is 0 Å². The van der Waals surface area contributed by atoms with Crippen molar-refractivity contribution < 1.29 is 4.79 Å². The average molecular weight is 333 g/mol. The summed E-state index contributed by atoms with van der Waals surface area (Å²) in [5, 5.41) is 6.17. The summed E-state index contributed by atoms with van der Waals surface area (Å²) >= 11 is 3.52. The van der Waals surface area contributed by atoms with E-state index in [1.807, 2.05) is 36.4 Å². The van der Waals surface area contributed by atoms with Gasteiger partial charge in [-0.3, -0.25) is 4.79 Å². The third-order valence-electron chi connectivity index (χ3n) is 3.02. The summed E-state index contributed by atoms with van der Waals surface area (Å²) in [6, 6.07) is 13.9. The molecule has 2 rings (SSSR count). The van der Waals surface area contributed by atoms with Gasteiger partial charge in [0.05, 0.1) is 0 Å². The van der Waals surface area contributed by atoms with Gasteiger partial charge in [0.1, 0.15) is 0 Å². The molecule has 2 N–H and O–H groups in total. The fourth-order valence-electron chi connectivity index (χ4n) is 1.91. The maximum Gasteiger partial charge on any atom is 0.221 e. The lowest BCUT2D eigenvalue weighted by Gasteiger charge is -2.11. The Morgan fingerprint density at radius 3 is 2.50 bits per heavy atom. The second kappa shape index (κ2) is 6.57. The van der Waals surface area contributed by atoms with E-state index < -0.39 is 0 Å². The first-order valence-electron chi connectivity index (χ1n) is 6.42. The number of halogens is 1. The van der Waals surface area contributed by atoms with E-state index >= 15 is 0 Å². The lowest BCUT2D eigenvalue weighted by molar-refractivity contribution is -0.114. The first-order valence-corrected chi connectivity index (χ1v) is 7.21. The van der Waals surface area contributed by atoms with Crippen LogP contribution in [0.2, 0.25) is 0 Å². The Balaban J connectivity index is 2.00. The third-order valence-corrected chi connectivity index (χ3v) is 3.88. The zero-order valence-corrected chi connectivity index (χ0v) is 13.1. The second-order valence-electron chi connectivity index (χ2n) is 4.64. The van der Waals surface area contributed by atoms with Crippen molar-refractivity contribution >= 4 is 33.2 Å². The first kappa shape index (κ1) is 14.6. The van der Waals surface area contributed by atoms with E-state index in [1.54, 1.807) is 0 Å². The Morgan fingerprint density at radius 1 is 1.15 bits per heavy atom. The van der Waals surface area contributed by atoms with Crippen LogP contribution >= 0.6 is 15.9 Å². The minimum atomic E-state index is -0.0550. The molecule has 104 valence electrons. The van der Waals surface area contributed by atoms with Crippen molar-refractivity contribution in [3.05, 3.63) is 58.1 Å². The Hall–Kier alpha value is -1.81. The summed E-state index contributed by atoms with van der Waals surface area (Å²) in [6.45, 7) is 4.33. The second-order valence-corrected chi connectivity index (χ2v) is 5.50. The summed E-state index contributed by atoms with van der Waals surface area (Å²) in [7, 11) is 0. The molecule has 0 spiro atoms. The third kappa shape index (κ3) is 3.84. The van der Waals surface area contributed by atoms with E-state index in [-0.39, 0.29) is 5.91 Å². The van der Waals surface area contributed by atoms with Crippen LogP contribution in [-0.2, 0) is 11.3 Å². The van der Waals surface area contributed by atoms with E-state index in [1.165, 1.54) is 18.1 Å². The molecule has 0 fully saturated rings. The smallest absolute Gasteiger partial charge is 0.221 e. The van der Waals surface area contributed by atoms with Crippen LogP contribution in [-0.4, -0.2) is 5.91 Å². The topological polar surface area (TPSA) is 41.1 Å². The Morgan fingerprint density at radius 2 is 1.85 bits per heavy atom. The van der Waals surface area contributed by atoms with Gasteiger partial charge in [0.15, 0.2) is 0 Å². The number of hydrogen-bond acceptors (Lipinski definition) is 2. The van der Waals surface area contributed by atoms with Crippen molar-refractivity contribution in [3.63, 3.8) is 0 Å². The molecule has 3 nitrogen and oxygen atoms in total. The molecule has 0 aliphatic heterocycles. The molecule has 20 heavy (non-hydrogen) atoms. The highest BCUT2D eigenvalue weighted by Gasteiger charge is 2.01. The molecule has 2 aromatic carbocycles. The largest absolute Gasteiger partial charge is 0.381 e. The number of rotatable bonds is 4. The zero-order chi connectivity index (χ0) is 14.5. The van der Waals surface area contributed by atoms with E-state index in [0.29, 0.717) is 0 Å². The maximum atomic E-state index is 11.0. The molecule has 0 bridgehead atoms. The lowest BCUT2D eigenvalue weighted by atomic mass is 10.1. The van der Waals surface area contributed by atoms with Crippen molar-refractivity contribution in [3.8, 4) is 0 Å². The fraction of sp³-hybridized carbons (Fsp3) is 0.188. The normalized spacial score (nSPS) is 10.2. The van der Waals surface area contributed by atoms with E-state index in [2.05, 4.69) is 39.6 Å². The summed E-state index contributed by atoms with van der Waals surface area (Å²) in [5.74, 6) is -0.0550. The van der Waals surface area contributed by atoms with Gasteiger partial charge in [0, 0.05) is 29.3 Å². The van der Waals surface area contributed by atoms with Gasteiger partial charge in [0.25, 0.3) is 0 Å².